The monoisotopic (exact) mass is 496 g/mol. The molecule has 1 aromatic carbocycles. The molecule has 2 heterocycles. The number of nitrogens with one attached hydrogen (secondary N) is 1. The van der Waals surface area contributed by atoms with Crippen LogP contribution in [0.3, 0.4) is 0 Å². The van der Waals surface area contributed by atoms with E-state index in [-0.39, 0.29) is 72.0 Å². The lowest BCUT2D eigenvalue weighted by molar-refractivity contribution is -0.136. The van der Waals surface area contributed by atoms with Gasteiger partial charge in [-0.1, -0.05) is 17.7 Å². The van der Waals surface area contributed by atoms with Crippen molar-refractivity contribution in [1.29, 1.82) is 0 Å². The zero-order chi connectivity index (χ0) is 24.8. The Morgan fingerprint density at radius 2 is 1.94 bits per heavy atom. The molecule has 182 valence electrons. The van der Waals surface area contributed by atoms with Crippen molar-refractivity contribution in [3.63, 3.8) is 0 Å². The summed E-state index contributed by atoms with van der Waals surface area (Å²) in [6.45, 7) is -0.133. The molecule has 1 unspecified atom stereocenters. The molecule has 1 aliphatic heterocycles. The normalized spacial score (nSPS) is 15.9. The summed E-state index contributed by atoms with van der Waals surface area (Å²) in [5.74, 6) is -3.03. The van der Waals surface area contributed by atoms with Crippen molar-refractivity contribution in [1.82, 2.24) is 15.2 Å². The third kappa shape index (κ3) is 5.68. The predicted molar refractivity (Wildman–Crippen MR) is 119 cm³/mol. The number of esters is 1. The highest BCUT2D eigenvalue weighted by molar-refractivity contribution is 6.30. The Hall–Kier alpha value is -3.12. The number of aromatic hydroxyl groups is 1. The number of carbonyl (C=O) groups is 1. The van der Waals surface area contributed by atoms with Gasteiger partial charge in [-0.25, -0.2) is 18.6 Å². The Kier molecular flexibility index (Phi) is 8.51. The lowest BCUT2D eigenvalue weighted by Crippen LogP contribution is -2.41. The average molecular weight is 497 g/mol. The number of rotatable bonds is 9. The maximum atomic E-state index is 14.6. The number of aromatic nitrogens is 1. The molecule has 1 atom stereocenters. The van der Waals surface area contributed by atoms with E-state index in [2.05, 4.69) is 15.3 Å². The Balaban J connectivity index is 2.20. The summed E-state index contributed by atoms with van der Waals surface area (Å²) < 4.78 is 33.0. The van der Waals surface area contributed by atoms with Gasteiger partial charge in [0, 0.05) is 42.0 Å². The minimum atomic E-state index is -1.16. The molecule has 12 heteroatoms. The number of hydrogen-bond acceptors (Lipinski definition) is 9. The van der Waals surface area contributed by atoms with E-state index in [1.54, 1.807) is 4.90 Å². The van der Waals surface area contributed by atoms with Crippen molar-refractivity contribution >= 4 is 23.4 Å². The Labute approximate surface area is 199 Å². The van der Waals surface area contributed by atoms with Gasteiger partial charge in [0.2, 0.25) is 0 Å². The second-order valence-electron chi connectivity index (χ2n) is 7.30. The molecule has 3 rings (SSSR count). The van der Waals surface area contributed by atoms with E-state index in [4.69, 9.17) is 16.3 Å². The number of methoxy groups -OCH3 is 1. The number of aliphatic hydroxyl groups excluding tert-OH is 2. The molecular weight excluding hydrogens is 474 g/mol. The van der Waals surface area contributed by atoms with Gasteiger partial charge in [-0.05, 0) is 12.1 Å². The molecule has 0 fully saturated rings. The summed E-state index contributed by atoms with van der Waals surface area (Å²) in [4.78, 5) is 22.7. The zero-order valence-corrected chi connectivity index (χ0v) is 18.9. The van der Waals surface area contributed by atoms with E-state index in [1.165, 1.54) is 25.3 Å². The average Bonchev–Trinajstić information content (AvgIpc) is 2.78. The minimum Gasteiger partial charge on any atom is -0.508 e. The lowest BCUT2D eigenvalue weighted by atomic mass is 9.94. The third-order valence-corrected chi connectivity index (χ3v) is 5.30. The first-order chi connectivity index (χ1) is 16.3. The van der Waals surface area contributed by atoms with Gasteiger partial charge in [0.25, 0.3) is 0 Å². The fraction of sp³-hybridized carbons (Fsp3) is 0.318. The van der Waals surface area contributed by atoms with Crippen LogP contribution in [0.15, 0.2) is 46.7 Å². The second-order valence-corrected chi connectivity index (χ2v) is 7.74. The molecule has 34 heavy (non-hydrogen) atoms. The number of carbonyl (C=O) groups excluding carboxylic acids is 1. The number of hydrogen-bond donors (Lipinski definition) is 4. The molecular formula is C22H23ClF2N4O5. The predicted octanol–water partition coefficient (Wildman–Crippen LogP) is 1.52. The van der Waals surface area contributed by atoms with Gasteiger partial charge in [-0.15, -0.1) is 0 Å². The molecule has 0 saturated carbocycles. The van der Waals surface area contributed by atoms with E-state index in [9.17, 15) is 28.9 Å². The maximum Gasteiger partial charge on any atom is 0.338 e. The van der Waals surface area contributed by atoms with E-state index in [0.717, 1.165) is 6.20 Å². The number of amidine groups is 1. The van der Waals surface area contributed by atoms with E-state index in [0.29, 0.717) is 6.07 Å². The molecule has 0 saturated heterocycles. The minimum absolute atomic E-state index is 0.00175. The quantitative estimate of drug-likeness (QED) is 0.385. The van der Waals surface area contributed by atoms with E-state index >= 15 is 0 Å². The van der Waals surface area contributed by atoms with Crippen LogP contribution >= 0.6 is 11.6 Å². The lowest BCUT2D eigenvalue weighted by Gasteiger charge is -2.30. The van der Waals surface area contributed by atoms with Crippen molar-refractivity contribution < 1.29 is 33.6 Å². The summed E-state index contributed by atoms with van der Waals surface area (Å²) in [6, 6.07) is 3.70. The summed E-state index contributed by atoms with van der Waals surface area (Å²) in [5.41, 5.74) is 0.0905. The number of aliphatic imine (C=N–C) groups is 1. The van der Waals surface area contributed by atoms with Crippen LogP contribution in [-0.4, -0.2) is 77.0 Å². The number of pyridine rings is 1. The fourth-order valence-electron chi connectivity index (χ4n) is 3.53. The number of phenolic OH excluding ortho intramolecular Hbond substituents is 1. The Morgan fingerprint density at radius 1 is 1.24 bits per heavy atom. The Bertz CT molecular complexity index is 1120. The highest BCUT2D eigenvalue weighted by atomic mass is 35.5. The first-order valence-electron chi connectivity index (χ1n) is 10.2. The number of ether oxygens (including phenoxy) is 1. The number of phenols is 1. The van der Waals surface area contributed by atoms with Gasteiger partial charge in [0.15, 0.2) is 11.7 Å². The molecule has 0 aliphatic carbocycles. The van der Waals surface area contributed by atoms with E-state index in [1.807, 2.05) is 0 Å². The topological polar surface area (TPSA) is 128 Å². The van der Waals surface area contributed by atoms with Gasteiger partial charge < -0.3 is 25.4 Å². The van der Waals surface area contributed by atoms with Crippen LogP contribution in [0.5, 0.6) is 5.75 Å². The van der Waals surface area contributed by atoms with Gasteiger partial charge in [0.1, 0.15) is 23.3 Å². The SMILES string of the molecule is COC(=O)C1=C(CN(CCO)CCO)NC(c2ncc(F)cc2F)=NC1c1ccc(Cl)cc1O. The molecule has 0 amide bonds. The second kappa shape index (κ2) is 11.3. The van der Waals surface area contributed by atoms with Gasteiger partial charge >= 0.3 is 5.97 Å². The van der Waals surface area contributed by atoms with Crippen LogP contribution < -0.4 is 5.32 Å². The summed E-state index contributed by atoms with van der Waals surface area (Å²) in [7, 11) is 1.17. The molecule has 2 aromatic rings. The zero-order valence-electron chi connectivity index (χ0n) is 18.1. The van der Waals surface area contributed by atoms with Crippen LogP contribution in [0.4, 0.5) is 8.78 Å². The molecule has 9 nitrogen and oxygen atoms in total. The van der Waals surface area contributed by atoms with E-state index < -0.39 is 23.6 Å². The maximum absolute atomic E-state index is 14.6. The standard InChI is InChI=1S/C22H23ClF2N4O5/c1-34-22(33)18-16(11-29(4-6-30)5-7-31)27-21(20-15(25)9-13(24)10-26-20)28-19(18)14-3-2-12(23)8-17(14)32/h2-3,8-10,19,30-32H,4-7,11H2,1H3,(H,27,28). The van der Waals surface area contributed by atoms with Crippen LogP contribution in [0.2, 0.25) is 5.02 Å². The molecule has 4 N–H and O–H groups in total. The number of aliphatic hydroxyl groups is 2. The van der Waals surface area contributed by atoms with Gasteiger partial charge in [0.05, 0.1) is 32.1 Å². The van der Waals surface area contributed by atoms with Crippen LogP contribution in [0.25, 0.3) is 0 Å². The number of halogens is 3. The van der Waals surface area contributed by atoms with Crippen molar-refractivity contribution in [2.75, 3.05) is 40.0 Å². The smallest absolute Gasteiger partial charge is 0.338 e. The highest BCUT2D eigenvalue weighted by Gasteiger charge is 2.35. The molecule has 1 aliphatic rings. The molecule has 0 spiro atoms. The number of nitrogens with zero attached hydrogens (tertiary/aromatic N) is 3. The fourth-order valence-corrected chi connectivity index (χ4v) is 3.70. The summed E-state index contributed by atoms with van der Waals surface area (Å²) in [6.07, 6.45) is 0.820. The van der Waals surface area contributed by atoms with Crippen LogP contribution in [0, 0.1) is 11.6 Å². The van der Waals surface area contributed by atoms with Crippen molar-refractivity contribution in [2.24, 2.45) is 4.99 Å². The summed E-state index contributed by atoms with van der Waals surface area (Å²) in [5, 5.41) is 32.4. The number of benzene rings is 1. The molecule has 0 bridgehead atoms. The Morgan fingerprint density at radius 3 is 2.53 bits per heavy atom. The first-order valence-corrected chi connectivity index (χ1v) is 10.6. The first kappa shape index (κ1) is 25.5. The van der Waals surface area contributed by atoms with Crippen LogP contribution in [-0.2, 0) is 9.53 Å². The largest absolute Gasteiger partial charge is 0.508 e. The van der Waals surface area contributed by atoms with Crippen molar-refractivity contribution in [3.8, 4) is 5.75 Å². The van der Waals surface area contributed by atoms with Crippen molar-refractivity contribution in [3.05, 3.63) is 69.6 Å². The summed E-state index contributed by atoms with van der Waals surface area (Å²) >= 11 is 5.95. The third-order valence-electron chi connectivity index (χ3n) is 5.06. The highest BCUT2D eigenvalue weighted by Crippen LogP contribution is 2.38. The van der Waals surface area contributed by atoms with Gasteiger partial charge in [-0.2, -0.15) is 0 Å². The molecule has 0 radical (unpaired) electrons. The van der Waals surface area contributed by atoms with Crippen LogP contribution in [0.1, 0.15) is 17.3 Å². The molecule has 1 aromatic heterocycles. The van der Waals surface area contributed by atoms with Gasteiger partial charge in [-0.3, -0.25) is 9.89 Å². The van der Waals surface area contributed by atoms with Crippen molar-refractivity contribution in [2.45, 2.75) is 6.04 Å².